The zero-order valence-corrected chi connectivity index (χ0v) is 21.2. The van der Waals surface area contributed by atoms with Crippen LogP contribution in [0.2, 0.25) is 0 Å². The number of amides is 3. The zero-order valence-electron chi connectivity index (χ0n) is 20.3. The van der Waals surface area contributed by atoms with Crippen molar-refractivity contribution in [1.82, 2.24) is 15.1 Å². The van der Waals surface area contributed by atoms with E-state index in [0.717, 1.165) is 0 Å². The lowest BCUT2D eigenvalue weighted by molar-refractivity contribution is -0.385. The number of likely N-dealkylation sites (tertiary alicyclic amines) is 1. The van der Waals surface area contributed by atoms with E-state index in [9.17, 15) is 34.6 Å². The third kappa shape index (κ3) is 6.81. The van der Waals surface area contributed by atoms with E-state index in [4.69, 9.17) is 9.47 Å². The molecule has 3 amide bonds. The number of nitro benzene ring substituents is 2. The number of thiol groups is 1. The molecule has 0 saturated carbocycles. The maximum atomic E-state index is 12.9. The summed E-state index contributed by atoms with van der Waals surface area (Å²) in [6, 6.07) is 10.3. The smallest absolute Gasteiger partial charge is 0.414 e. The van der Waals surface area contributed by atoms with Gasteiger partial charge in [0.05, 0.1) is 22.1 Å². The minimum atomic E-state index is -0.833. The Morgan fingerprint density at radius 2 is 1.38 bits per heavy atom. The van der Waals surface area contributed by atoms with Gasteiger partial charge in [0.15, 0.2) is 0 Å². The summed E-state index contributed by atoms with van der Waals surface area (Å²) in [7, 11) is 0. The Kier molecular flexibility index (Phi) is 8.29. The molecule has 2 aliphatic rings. The first kappa shape index (κ1) is 27.4. The highest BCUT2D eigenvalue weighted by Crippen LogP contribution is 2.25. The van der Waals surface area contributed by atoms with Gasteiger partial charge < -0.3 is 14.8 Å². The molecule has 2 atom stereocenters. The first-order valence-electron chi connectivity index (χ1n) is 11.6. The van der Waals surface area contributed by atoms with E-state index in [1.165, 1.54) is 64.5 Å². The SMILES string of the molecule is O=C(NC1=CN(C(=O)OCc2ccc([N+](=O)[O-])cc2)C1)[C@@H]1C[C@H](S)CN1C(=O)OCc1ccc([N+](=O)[O-])cc1. The fourth-order valence-corrected chi connectivity index (χ4v) is 4.30. The maximum Gasteiger partial charge on any atom is 0.414 e. The molecule has 1 fully saturated rings. The second-order valence-corrected chi connectivity index (χ2v) is 9.52. The van der Waals surface area contributed by atoms with Gasteiger partial charge in [0.2, 0.25) is 5.91 Å². The molecule has 0 aliphatic carbocycles. The van der Waals surface area contributed by atoms with Gasteiger partial charge in [0.25, 0.3) is 11.4 Å². The highest BCUT2D eigenvalue weighted by Gasteiger charge is 2.40. The van der Waals surface area contributed by atoms with Crippen molar-refractivity contribution >= 4 is 42.1 Å². The molecule has 0 spiro atoms. The summed E-state index contributed by atoms with van der Waals surface area (Å²) in [5, 5.41) is 23.9. The number of nitrogens with zero attached hydrogens (tertiary/aromatic N) is 4. The molecule has 0 unspecified atom stereocenters. The molecule has 1 saturated heterocycles. The maximum absolute atomic E-state index is 12.9. The number of ether oxygens (including phenoxy) is 2. The summed E-state index contributed by atoms with van der Waals surface area (Å²) in [4.78, 5) is 60.7. The molecule has 1 N–H and O–H groups in total. The standard InChI is InChI=1S/C24H23N5O9S/c30-22(25-17-10-26(11-17)23(31)37-13-15-1-5-18(6-2-15)28(33)34)21-9-20(39)12-27(21)24(32)38-14-16-3-7-19(8-4-16)29(35)36/h1-8,10,20-21,39H,9,11-14H2,(H,25,30)/t20-,21-/m0/s1. The number of benzene rings is 2. The Morgan fingerprint density at radius 3 is 1.87 bits per heavy atom. The zero-order chi connectivity index (χ0) is 28.1. The summed E-state index contributed by atoms with van der Waals surface area (Å²) in [5.41, 5.74) is 1.43. The van der Waals surface area contributed by atoms with Crippen LogP contribution in [0, 0.1) is 20.2 Å². The molecule has 2 heterocycles. The minimum absolute atomic E-state index is 0.0704. The topological polar surface area (TPSA) is 174 Å². The van der Waals surface area contributed by atoms with Gasteiger partial charge in [-0.3, -0.25) is 34.8 Å². The third-order valence-electron chi connectivity index (χ3n) is 6.01. The van der Waals surface area contributed by atoms with Crippen LogP contribution in [0.25, 0.3) is 0 Å². The van der Waals surface area contributed by atoms with E-state index >= 15 is 0 Å². The summed E-state index contributed by atoms with van der Waals surface area (Å²) >= 11 is 4.40. The first-order valence-corrected chi connectivity index (χ1v) is 12.2. The van der Waals surface area contributed by atoms with Crippen LogP contribution < -0.4 is 5.32 Å². The molecule has 0 radical (unpaired) electrons. The van der Waals surface area contributed by atoms with Crippen LogP contribution in [0.5, 0.6) is 0 Å². The molecular formula is C24H23N5O9S. The van der Waals surface area contributed by atoms with Gasteiger partial charge in [-0.25, -0.2) is 9.59 Å². The summed E-state index contributed by atoms with van der Waals surface area (Å²) in [6.45, 7) is 0.0824. The van der Waals surface area contributed by atoms with Gasteiger partial charge in [-0.15, -0.1) is 0 Å². The van der Waals surface area contributed by atoms with Crippen molar-refractivity contribution in [3.8, 4) is 0 Å². The van der Waals surface area contributed by atoms with Gasteiger partial charge in [-0.2, -0.15) is 12.6 Å². The van der Waals surface area contributed by atoms with Gasteiger partial charge in [-0.05, 0) is 41.8 Å². The van der Waals surface area contributed by atoms with Crippen LogP contribution in [0.1, 0.15) is 17.5 Å². The lowest BCUT2D eigenvalue weighted by Crippen LogP contribution is -2.49. The largest absolute Gasteiger partial charge is 0.445 e. The Bertz CT molecular complexity index is 1320. The Labute approximate surface area is 226 Å². The summed E-state index contributed by atoms with van der Waals surface area (Å²) in [5.74, 6) is -0.455. The van der Waals surface area contributed by atoms with Crippen LogP contribution in [0.3, 0.4) is 0 Å². The van der Waals surface area contributed by atoms with Crippen LogP contribution in [-0.2, 0) is 27.5 Å². The summed E-state index contributed by atoms with van der Waals surface area (Å²) < 4.78 is 10.5. The van der Waals surface area contributed by atoms with E-state index in [1.54, 1.807) is 0 Å². The average Bonchev–Trinajstić information content (AvgIpc) is 3.30. The van der Waals surface area contributed by atoms with E-state index in [2.05, 4.69) is 17.9 Å². The number of nitrogens with one attached hydrogen (secondary N) is 1. The van der Waals surface area contributed by atoms with Gasteiger partial charge >= 0.3 is 12.2 Å². The van der Waals surface area contributed by atoms with E-state index in [1.807, 2.05) is 0 Å². The Hall–Kier alpha value is -4.66. The number of non-ortho nitro benzene ring substituents is 2. The lowest BCUT2D eigenvalue weighted by atomic mass is 10.2. The highest BCUT2D eigenvalue weighted by atomic mass is 32.1. The molecule has 4 rings (SSSR count). The van der Waals surface area contributed by atoms with Crippen molar-refractivity contribution in [2.45, 2.75) is 30.9 Å². The van der Waals surface area contributed by atoms with Gasteiger partial charge in [0, 0.05) is 42.3 Å². The van der Waals surface area contributed by atoms with Gasteiger partial charge in [0.1, 0.15) is 19.3 Å². The van der Waals surface area contributed by atoms with Crippen molar-refractivity contribution in [2.75, 3.05) is 13.1 Å². The van der Waals surface area contributed by atoms with Crippen LogP contribution in [-0.4, -0.2) is 62.1 Å². The minimum Gasteiger partial charge on any atom is -0.445 e. The molecular weight excluding hydrogens is 534 g/mol. The molecule has 2 aliphatic heterocycles. The molecule has 0 bridgehead atoms. The highest BCUT2D eigenvalue weighted by molar-refractivity contribution is 7.81. The fraction of sp³-hybridized carbons (Fsp3) is 0.292. The van der Waals surface area contributed by atoms with Crippen LogP contribution >= 0.6 is 12.6 Å². The van der Waals surface area contributed by atoms with Crippen LogP contribution in [0.4, 0.5) is 21.0 Å². The molecule has 0 aromatic heterocycles. The third-order valence-corrected chi connectivity index (χ3v) is 6.38. The van der Waals surface area contributed by atoms with Crippen molar-refractivity contribution in [2.24, 2.45) is 0 Å². The first-order chi connectivity index (χ1) is 18.6. The number of rotatable bonds is 8. The molecule has 2 aromatic rings. The fourth-order valence-electron chi connectivity index (χ4n) is 3.92. The van der Waals surface area contributed by atoms with Crippen molar-refractivity contribution in [1.29, 1.82) is 0 Å². The average molecular weight is 558 g/mol. The number of hydrogen-bond donors (Lipinski definition) is 2. The number of carbonyl (C=O) groups excluding carboxylic acids is 3. The Balaban J connectivity index is 1.25. The molecule has 15 heteroatoms. The lowest BCUT2D eigenvalue weighted by Gasteiger charge is -2.30. The quantitative estimate of drug-likeness (QED) is 0.281. The van der Waals surface area contributed by atoms with Crippen molar-refractivity contribution in [3.05, 3.63) is 91.8 Å². The second kappa shape index (κ2) is 11.8. The number of hydrogen-bond acceptors (Lipinski definition) is 10. The van der Waals surface area contributed by atoms with E-state index < -0.39 is 34.0 Å². The monoisotopic (exact) mass is 557 g/mol. The normalized spacial score (nSPS) is 18.0. The van der Waals surface area contributed by atoms with E-state index in [-0.39, 0.29) is 42.9 Å². The van der Waals surface area contributed by atoms with Crippen molar-refractivity contribution in [3.63, 3.8) is 0 Å². The van der Waals surface area contributed by atoms with Crippen LogP contribution in [0.15, 0.2) is 60.4 Å². The second-order valence-electron chi connectivity index (χ2n) is 8.79. The predicted octanol–water partition coefficient (Wildman–Crippen LogP) is 3.12. The predicted molar refractivity (Wildman–Crippen MR) is 137 cm³/mol. The summed E-state index contributed by atoms with van der Waals surface area (Å²) in [6.07, 6.45) is 0.333. The number of nitro groups is 2. The van der Waals surface area contributed by atoms with E-state index in [0.29, 0.717) is 23.2 Å². The molecule has 2 aromatic carbocycles. The molecule has 39 heavy (non-hydrogen) atoms. The van der Waals surface area contributed by atoms with Crippen molar-refractivity contribution < 1.29 is 33.7 Å². The molecule has 14 nitrogen and oxygen atoms in total. The Morgan fingerprint density at radius 1 is 0.897 bits per heavy atom. The number of carbonyl (C=O) groups is 3. The van der Waals surface area contributed by atoms with Gasteiger partial charge in [-0.1, -0.05) is 0 Å². The molecule has 204 valence electrons.